The third kappa shape index (κ3) is 3.36. The van der Waals surface area contributed by atoms with Gasteiger partial charge in [-0.2, -0.15) is 5.10 Å². The van der Waals surface area contributed by atoms with E-state index in [-0.39, 0.29) is 5.84 Å². The van der Waals surface area contributed by atoms with E-state index in [1.165, 1.54) is 5.56 Å². The summed E-state index contributed by atoms with van der Waals surface area (Å²) in [5, 5.41) is 19.2. The standard InChI is InChI=1S/C14H19N5O/c1-10-5-12(14(15)18-20)3-4-13(10)8-16-6-11-7-17-19(2)9-11/h3-5,7,9,16,20H,6,8H2,1-2H3,(H2,15,18). The van der Waals surface area contributed by atoms with Crippen LogP contribution in [0.1, 0.15) is 22.3 Å². The first-order valence-electron chi connectivity index (χ1n) is 6.36. The van der Waals surface area contributed by atoms with Crippen LogP contribution in [0.5, 0.6) is 0 Å². The van der Waals surface area contributed by atoms with Crippen molar-refractivity contribution < 1.29 is 5.21 Å². The molecule has 0 amide bonds. The molecule has 0 aliphatic heterocycles. The molecule has 6 nitrogen and oxygen atoms in total. The number of benzene rings is 1. The van der Waals surface area contributed by atoms with Crippen molar-refractivity contribution in [3.63, 3.8) is 0 Å². The highest BCUT2D eigenvalue weighted by molar-refractivity contribution is 5.97. The predicted octanol–water partition coefficient (Wildman–Crippen LogP) is 1.11. The number of oxime groups is 1. The van der Waals surface area contributed by atoms with Crippen LogP contribution in [-0.4, -0.2) is 20.8 Å². The molecule has 0 saturated heterocycles. The van der Waals surface area contributed by atoms with Crippen LogP contribution >= 0.6 is 0 Å². The summed E-state index contributed by atoms with van der Waals surface area (Å²) < 4.78 is 1.79. The Hall–Kier alpha value is -2.34. The third-order valence-corrected chi connectivity index (χ3v) is 3.15. The van der Waals surface area contributed by atoms with E-state index in [2.05, 4.69) is 15.6 Å². The summed E-state index contributed by atoms with van der Waals surface area (Å²) in [6.07, 6.45) is 3.84. The van der Waals surface area contributed by atoms with Gasteiger partial charge in [0.05, 0.1) is 6.20 Å². The number of amidine groups is 1. The highest BCUT2D eigenvalue weighted by Gasteiger charge is 2.04. The molecule has 1 heterocycles. The average molecular weight is 273 g/mol. The largest absolute Gasteiger partial charge is 0.409 e. The first kappa shape index (κ1) is 14.1. The Bertz CT molecular complexity index is 618. The van der Waals surface area contributed by atoms with Crippen molar-refractivity contribution >= 4 is 5.84 Å². The maximum Gasteiger partial charge on any atom is 0.170 e. The van der Waals surface area contributed by atoms with Crippen LogP contribution in [0.2, 0.25) is 0 Å². The Balaban J connectivity index is 1.96. The second-order valence-electron chi connectivity index (χ2n) is 4.75. The third-order valence-electron chi connectivity index (χ3n) is 3.15. The number of hydrogen-bond donors (Lipinski definition) is 3. The number of rotatable bonds is 5. The van der Waals surface area contributed by atoms with Crippen LogP contribution in [0.25, 0.3) is 0 Å². The summed E-state index contributed by atoms with van der Waals surface area (Å²) in [4.78, 5) is 0. The lowest BCUT2D eigenvalue weighted by Crippen LogP contribution is -2.15. The molecule has 6 heteroatoms. The zero-order valence-corrected chi connectivity index (χ0v) is 11.7. The lowest BCUT2D eigenvalue weighted by Gasteiger charge is -2.09. The summed E-state index contributed by atoms with van der Waals surface area (Å²) in [5.41, 5.74) is 9.73. The van der Waals surface area contributed by atoms with E-state index in [1.807, 2.05) is 44.6 Å². The van der Waals surface area contributed by atoms with E-state index >= 15 is 0 Å². The fourth-order valence-corrected chi connectivity index (χ4v) is 2.02. The van der Waals surface area contributed by atoms with Gasteiger partial charge in [0.2, 0.25) is 0 Å². The minimum absolute atomic E-state index is 0.128. The van der Waals surface area contributed by atoms with E-state index < -0.39 is 0 Å². The molecule has 1 aromatic heterocycles. The van der Waals surface area contributed by atoms with Crippen molar-refractivity contribution in [2.45, 2.75) is 20.0 Å². The topological polar surface area (TPSA) is 88.5 Å². The Morgan fingerprint density at radius 1 is 1.45 bits per heavy atom. The maximum atomic E-state index is 8.66. The SMILES string of the molecule is Cc1cc(/C(N)=N/O)ccc1CNCc1cnn(C)c1. The Kier molecular flexibility index (Phi) is 4.37. The monoisotopic (exact) mass is 273 g/mol. The summed E-state index contributed by atoms with van der Waals surface area (Å²) in [6, 6.07) is 5.75. The van der Waals surface area contributed by atoms with Crippen LogP contribution < -0.4 is 11.1 Å². The Morgan fingerprint density at radius 3 is 2.85 bits per heavy atom. The minimum Gasteiger partial charge on any atom is -0.409 e. The highest BCUT2D eigenvalue weighted by Crippen LogP contribution is 2.11. The molecule has 2 rings (SSSR count). The van der Waals surface area contributed by atoms with Crippen molar-refractivity contribution in [2.75, 3.05) is 0 Å². The van der Waals surface area contributed by atoms with E-state index in [0.29, 0.717) is 0 Å². The van der Waals surface area contributed by atoms with E-state index in [1.54, 1.807) is 4.68 Å². The number of nitrogens with one attached hydrogen (secondary N) is 1. The summed E-state index contributed by atoms with van der Waals surface area (Å²) >= 11 is 0. The molecule has 0 radical (unpaired) electrons. The number of aryl methyl sites for hydroxylation is 2. The van der Waals surface area contributed by atoms with Crippen LogP contribution in [-0.2, 0) is 20.1 Å². The number of nitrogens with zero attached hydrogens (tertiary/aromatic N) is 3. The smallest absolute Gasteiger partial charge is 0.170 e. The van der Waals surface area contributed by atoms with Gasteiger partial charge in [0.1, 0.15) is 0 Å². The molecule has 4 N–H and O–H groups in total. The second-order valence-corrected chi connectivity index (χ2v) is 4.75. The number of aromatic nitrogens is 2. The van der Waals surface area contributed by atoms with Crippen molar-refractivity contribution in [1.82, 2.24) is 15.1 Å². The number of nitrogens with two attached hydrogens (primary N) is 1. The molecule has 0 bridgehead atoms. The lowest BCUT2D eigenvalue weighted by molar-refractivity contribution is 0.318. The van der Waals surface area contributed by atoms with E-state index in [0.717, 1.165) is 29.8 Å². The molecule has 1 aromatic carbocycles. The number of hydrogen-bond acceptors (Lipinski definition) is 4. The quantitative estimate of drug-likeness (QED) is 0.329. The first-order chi connectivity index (χ1) is 9.60. The van der Waals surface area contributed by atoms with Gasteiger partial charge in [0.25, 0.3) is 0 Å². The Labute approximate surface area is 117 Å². The lowest BCUT2D eigenvalue weighted by atomic mass is 10.0. The van der Waals surface area contributed by atoms with Gasteiger partial charge in [0.15, 0.2) is 5.84 Å². The fourth-order valence-electron chi connectivity index (χ4n) is 2.02. The molecule has 0 aliphatic carbocycles. The molecule has 106 valence electrons. The fraction of sp³-hybridized carbons (Fsp3) is 0.286. The van der Waals surface area contributed by atoms with Crippen molar-refractivity contribution in [3.8, 4) is 0 Å². The molecular formula is C14H19N5O. The molecule has 0 saturated carbocycles. The van der Waals surface area contributed by atoms with E-state index in [4.69, 9.17) is 10.9 Å². The van der Waals surface area contributed by atoms with Crippen molar-refractivity contribution in [1.29, 1.82) is 0 Å². The van der Waals surface area contributed by atoms with Gasteiger partial charge < -0.3 is 16.3 Å². The summed E-state index contributed by atoms with van der Waals surface area (Å²) in [6.45, 7) is 3.54. The van der Waals surface area contributed by atoms with Crippen molar-refractivity contribution in [3.05, 3.63) is 52.8 Å². The van der Waals surface area contributed by atoms with Gasteiger partial charge in [-0.1, -0.05) is 17.3 Å². The van der Waals surface area contributed by atoms with Crippen molar-refractivity contribution in [2.24, 2.45) is 17.9 Å². The van der Waals surface area contributed by atoms with Gasteiger partial charge in [0, 0.05) is 37.5 Å². The van der Waals surface area contributed by atoms with Gasteiger partial charge >= 0.3 is 0 Å². The molecule has 0 spiro atoms. The van der Waals surface area contributed by atoms with Gasteiger partial charge in [-0.05, 0) is 24.1 Å². The highest BCUT2D eigenvalue weighted by atomic mass is 16.4. The van der Waals surface area contributed by atoms with Crippen LogP contribution in [0.3, 0.4) is 0 Å². The van der Waals surface area contributed by atoms with Gasteiger partial charge in [-0.3, -0.25) is 4.68 Å². The maximum absolute atomic E-state index is 8.66. The van der Waals surface area contributed by atoms with Gasteiger partial charge in [-0.15, -0.1) is 0 Å². The first-order valence-corrected chi connectivity index (χ1v) is 6.36. The molecule has 0 atom stereocenters. The molecule has 0 fully saturated rings. The van der Waals surface area contributed by atoms with Crippen LogP contribution in [0.15, 0.2) is 35.7 Å². The van der Waals surface area contributed by atoms with Crippen LogP contribution in [0.4, 0.5) is 0 Å². The summed E-state index contributed by atoms with van der Waals surface area (Å²) in [7, 11) is 1.90. The Morgan fingerprint density at radius 2 is 2.25 bits per heavy atom. The van der Waals surface area contributed by atoms with Crippen LogP contribution in [0, 0.1) is 6.92 Å². The second kappa shape index (κ2) is 6.21. The van der Waals surface area contributed by atoms with Gasteiger partial charge in [-0.25, -0.2) is 0 Å². The minimum atomic E-state index is 0.128. The molecule has 20 heavy (non-hydrogen) atoms. The molecule has 2 aromatic rings. The molecule has 0 aliphatic rings. The zero-order valence-electron chi connectivity index (χ0n) is 11.7. The predicted molar refractivity (Wildman–Crippen MR) is 77.4 cm³/mol. The average Bonchev–Trinajstić information content (AvgIpc) is 2.85. The zero-order chi connectivity index (χ0) is 14.5. The normalized spacial score (nSPS) is 11.8. The molecular weight excluding hydrogens is 254 g/mol. The van der Waals surface area contributed by atoms with E-state index in [9.17, 15) is 0 Å². The summed E-state index contributed by atoms with van der Waals surface area (Å²) in [5.74, 6) is 0.128. The molecule has 0 unspecified atom stereocenters.